The summed E-state index contributed by atoms with van der Waals surface area (Å²) in [6.45, 7) is 5.32. The molecule has 0 spiro atoms. The lowest BCUT2D eigenvalue weighted by molar-refractivity contribution is -0.285. The standard InChI is InChI=1S/C16H20O11S/c1-6(17)22-11-12(23-7(2)18)14(16(28)26-10(5)21)27-15(25-9(4)20)13(11)24-8(3)19/h11-15H,1-5H3/t11-,12-,13+,14-,15+/m0/s1. The Labute approximate surface area is 165 Å². The molecular formula is C16H20O11S. The summed E-state index contributed by atoms with van der Waals surface area (Å²) in [7, 11) is 0. The van der Waals surface area contributed by atoms with Gasteiger partial charge in [-0.25, -0.2) is 0 Å². The summed E-state index contributed by atoms with van der Waals surface area (Å²) in [5, 5.41) is -0.464. The van der Waals surface area contributed by atoms with Crippen LogP contribution < -0.4 is 0 Å². The molecule has 5 atom stereocenters. The van der Waals surface area contributed by atoms with Crippen LogP contribution in [-0.4, -0.2) is 65.6 Å². The largest absolute Gasteiger partial charge is 0.455 e. The number of thiocarbonyl (C=S) groups is 1. The maximum atomic E-state index is 11.6. The second-order valence-electron chi connectivity index (χ2n) is 5.67. The van der Waals surface area contributed by atoms with E-state index in [1.165, 1.54) is 0 Å². The zero-order chi connectivity index (χ0) is 21.6. The SMILES string of the molecule is CC(=O)OC(=S)[C@H]1O[C@@H](OC(C)=O)[C@H](OC(C)=O)[C@@H](OC(C)=O)[C@@H]1OC(C)=O. The summed E-state index contributed by atoms with van der Waals surface area (Å²) in [5.74, 6) is -4.04. The Morgan fingerprint density at radius 1 is 0.643 bits per heavy atom. The maximum absolute atomic E-state index is 11.6. The molecule has 1 heterocycles. The highest BCUT2D eigenvalue weighted by atomic mass is 32.1. The maximum Gasteiger partial charge on any atom is 0.308 e. The summed E-state index contributed by atoms with van der Waals surface area (Å²) in [4.78, 5) is 57.3. The number of rotatable bonds is 5. The van der Waals surface area contributed by atoms with Crippen LogP contribution in [-0.2, 0) is 52.4 Å². The lowest BCUT2D eigenvalue weighted by Gasteiger charge is -2.43. The Kier molecular flexibility index (Phi) is 8.44. The van der Waals surface area contributed by atoms with Crippen molar-refractivity contribution in [2.45, 2.75) is 65.3 Å². The second-order valence-corrected chi connectivity index (χ2v) is 6.07. The summed E-state index contributed by atoms with van der Waals surface area (Å²) in [6, 6.07) is 0. The van der Waals surface area contributed by atoms with Gasteiger partial charge in [-0.15, -0.1) is 0 Å². The van der Waals surface area contributed by atoms with Crippen LogP contribution in [0.2, 0.25) is 0 Å². The van der Waals surface area contributed by atoms with E-state index in [1.807, 2.05) is 0 Å². The van der Waals surface area contributed by atoms with E-state index in [0.717, 1.165) is 34.6 Å². The van der Waals surface area contributed by atoms with Gasteiger partial charge in [-0.3, -0.25) is 24.0 Å². The first kappa shape index (κ1) is 23.4. The Morgan fingerprint density at radius 2 is 1.07 bits per heavy atom. The molecule has 1 saturated heterocycles. The fourth-order valence-corrected chi connectivity index (χ4v) is 2.73. The van der Waals surface area contributed by atoms with Crippen LogP contribution in [0.15, 0.2) is 0 Å². The van der Waals surface area contributed by atoms with Crippen LogP contribution in [0.5, 0.6) is 0 Å². The van der Waals surface area contributed by atoms with Gasteiger partial charge in [-0.1, -0.05) is 0 Å². The number of ether oxygens (including phenoxy) is 6. The van der Waals surface area contributed by atoms with E-state index in [-0.39, 0.29) is 0 Å². The topological polar surface area (TPSA) is 141 Å². The molecular weight excluding hydrogens is 400 g/mol. The van der Waals surface area contributed by atoms with Crippen molar-refractivity contribution < 1.29 is 52.4 Å². The van der Waals surface area contributed by atoms with Gasteiger partial charge >= 0.3 is 29.8 Å². The van der Waals surface area contributed by atoms with Crippen LogP contribution in [0.1, 0.15) is 34.6 Å². The first-order valence-corrected chi connectivity index (χ1v) is 8.39. The quantitative estimate of drug-likeness (QED) is 0.335. The third-order valence-corrected chi connectivity index (χ3v) is 3.48. The highest BCUT2D eigenvalue weighted by molar-refractivity contribution is 7.80. The fraction of sp³-hybridized carbons (Fsp3) is 0.625. The molecule has 0 unspecified atom stereocenters. The Balaban J connectivity index is 3.42. The van der Waals surface area contributed by atoms with Gasteiger partial charge in [0, 0.05) is 34.6 Å². The molecule has 0 aromatic carbocycles. The normalized spacial score (nSPS) is 26.4. The molecule has 0 aliphatic carbocycles. The minimum Gasteiger partial charge on any atom is -0.455 e. The molecule has 156 valence electrons. The van der Waals surface area contributed by atoms with Gasteiger partial charge in [0.05, 0.1) is 0 Å². The van der Waals surface area contributed by atoms with Crippen molar-refractivity contribution in [1.29, 1.82) is 0 Å². The van der Waals surface area contributed by atoms with Crippen molar-refractivity contribution in [2.75, 3.05) is 0 Å². The van der Waals surface area contributed by atoms with Gasteiger partial charge in [-0.05, 0) is 12.2 Å². The van der Waals surface area contributed by atoms with Crippen LogP contribution >= 0.6 is 12.2 Å². The lowest BCUT2D eigenvalue weighted by Crippen LogP contribution is -2.64. The average molecular weight is 420 g/mol. The number of carbonyl (C=O) groups is 5. The van der Waals surface area contributed by atoms with Crippen molar-refractivity contribution in [2.24, 2.45) is 0 Å². The summed E-state index contributed by atoms with van der Waals surface area (Å²) < 4.78 is 30.7. The molecule has 11 nitrogen and oxygen atoms in total. The highest BCUT2D eigenvalue weighted by Crippen LogP contribution is 2.30. The fourth-order valence-electron chi connectivity index (χ4n) is 2.42. The van der Waals surface area contributed by atoms with Crippen LogP contribution in [0.4, 0.5) is 0 Å². The minimum atomic E-state index is -1.59. The predicted molar refractivity (Wildman–Crippen MR) is 91.5 cm³/mol. The van der Waals surface area contributed by atoms with Crippen LogP contribution in [0, 0.1) is 0 Å². The minimum absolute atomic E-state index is 0.464. The van der Waals surface area contributed by atoms with E-state index in [9.17, 15) is 24.0 Å². The third-order valence-electron chi connectivity index (χ3n) is 3.16. The average Bonchev–Trinajstić information content (AvgIpc) is 2.50. The lowest BCUT2D eigenvalue weighted by atomic mass is 9.98. The van der Waals surface area contributed by atoms with Crippen molar-refractivity contribution in [3.05, 3.63) is 0 Å². The van der Waals surface area contributed by atoms with Crippen molar-refractivity contribution in [1.82, 2.24) is 0 Å². The smallest absolute Gasteiger partial charge is 0.308 e. The van der Waals surface area contributed by atoms with Gasteiger partial charge in [0.2, 0.25) is 17.4 Å². The second kappa shape index (κ2) is 10.1. The monoisotopic (exact) mass is 420 g/mol. The zero-order valence-corrected chi connectivity index (χ0v) is 16.6. The molecule has 0 N–H and O–H groups in total. The highest BCUT2D eigenvalue weighted by Gasteiger charge is 2.55. The van der Waals surface area contributed by atoms with Crippen molar-refractivity contribution in [3.63, 3.8) is 0 Å². The first-order valence-electron chi connectivity index (χ1n) is 7.99. The summed E-state index contributed by atoms with van der Waals surface area (Å²) in [5.41, 5.74) is 0. The number of esters is 5. The molecule has 1 rings (SSSR count). The predicted octanol–water partition coefficient (Wildman–Crippen LogP) is -0.0400. The van der Waals surface area contributed by atoms with Gasteiger partial charge < -0.3 is 28.4 Å². The summed E-state index contributed by atoms with van der Waals surface area (Å²) in [6.07, 6.45) is -7.45. The number of hydrogen-bond acceptors (Lipinski definition) is 12. The van der Waals surface area contributed by atoms with Gasteiger partial charge in [0.15, 0.2) is 18.3 Å². The Morgan fingerprint density at radius 3 is 1.50 bits per heavy atom. The zero-order valence-electron chi connectivity index (χ0n) is 15.8. The van der Waals surface area contributed by atoms with E-state index in [2.05, 4.69) is 0 Å². The molecule has 12 heteroatoms. The molecule has 28 heavy (non-hydrogen) atoms. The van der Waals surface area contributed by atoms with Crippen LogP contribution in [0.3, 0.4) is 0 Å². The van der Waals surface area contributed by atoms with Crippen LogP contribution in [0.25, 0.3) is 0 Å². The molecule has 0 radical (unpaired) electrons. The Hall–Kier alpha value is -2.60. The summed E-state index contributed by atoms with van der Waals surface area (Å²) >= 11 is 4.99. The molecule has 0 aromatic heterocycles. The molecule has 1 aliphatic heterocycles. The number of hydrogen-bond donors (Lipinski definition) is 0. The number of carbonyl (C=O) groups excluding carboxylic acids is 5. The molecule has 1 aliphatic rings. The van der Waals surface area contributed by atoms with Crippen molar-refractivity contribution in [3.8, 4) is 0 Å². The molecule has 0 aromatic rings. The van der Waals surface area contributed by atoms with E-state index in [1.54, 1.807) is 0 Å². The van der Waals surface area contributed by atoms with Gasteiger partial charge in [0.25, 0.3) is 0 Å². The third kappa shape index (κ3) is 6.85. The van der Waals surface area contributed by atoms with Gasteiger partial charge in [-0.2, -0.15) is 0 Å². The van der Waals surface area contributed by atoms with E-state index in [0.29, 0.717) is 0 Å². The molecule has 0 bridgehead atoms. The van der Waals surface area contributed by atoms with Crippen molar-refractivity contribution >= 4 is 47.1 Å². The Bertz CT molecular complexity index is 674. The molecule has 0 saturated carbocycles. The van der Waals surface area contributed by atoms with E-state index in [4.69, 9.17) is 40.6 Å². The molecule has 1 fully saturated rings. The van der Waals surface area contributed by atoms with E-state index >= 15 is 0 Å². The van der Waals surface area contributed by atoms with Gasteiger partial charge in [0.1, 0.15) is 0 Å². The van der Waals surface area contributed by atoms with E-state index < -0.39 is 65.6 Å². The first-order chi connectivity index (χ1) is 12.9. The molecule has 0 amide bonds.